The fourth-order valence-electron chi connectivity index (χ4n) is 1.03. The summed E-state index contributed by atoms with van der Waals surface area (Å²) in [5.74, 6) is -0.594. The van der Waals surface area contributed by atoms with E-state index < -0.39 is 21.2 Å². The van der Waals surface area contributed by atoms with Crippen LogP contribution in [-0.2, 0) is 21.4 Å². The van der Waals surface area contributed by atoms with Gasteiger partial charge in [0.15, 0.2) is 5.25 Å². The Morgan fingerprint density at radius 2 is 2.12 bits per heavy atom. The number of aryl methyl sites for hydroxylation is 2. The van der Waals surface area contributed by atoms with Crippen molar-refractivity contribution >= 4 is 16.0 Å². The molecule has 0 aliphatic carbocycles. The van der Waals surface area contributed by atoms with E-state index in [9.17, 15) is 13.2 Å². The number of hydrogen-bond donors (Lipinski definition) is 2. The van der Waals surface area contributed by atoms with Gasteiger partial charge in [-0.15, -0.1) is 0 Å². The number of hydrogen-bond acceptors (Lipinski definition) is 5. The number of rotatable bonds is 5. The van der Waals surface area contributed by atoms with E-state index in [0.29, 0.717) is 11.5 Å². The molecular weight excluding hydrogens is 248 g/mol. The lowest BCUT2D eigenvalue weighted by atomic mass is 10.4. The summed E-state index contributed by atoms with van der Waals surface area (Å²) >= 11 is 0. The summed E-state index contributed by atoms with van der Waals surface area (Å²) in [4.78, 5) is 14.5. The molecule has 1 aromatic heterocycles. The van der Waals surface area contributed by atoms with Crippen molar-refractivity contribution in [2.75, 3.05) is 0 Å². The van der Waals surface area contributed by atoms with Crippen LogP contribution in [0.2, 0.25) is 0 Å². The van der Waals surface area contributed by atoms with Crippen LogP contribution in [-0.4, -0.2) is 29.7 Å². The Labute approximate surface area is 98.9 Å². The first-order valence-corrected chi connectivity index (χ1v) is 6.43. The van der Waals surface area contributed by atoms with E-state index in [-0.39, 0.29) is 12.4 Å². The van der Waals surface area contributed by atoms with Crippen molar-refractivity contribution < 1.29 is 22.7 Å². The van der Waals surface area contributed by atoms with Crippen LogP contribution in [0.5, 0.6) is 0 Å². The SMILES string of the molecule is Cc1nc(CNS(=O)(=O)C(C)C(=O)O)oc1C. The van der Waals surface area contributed by atoms with Crippen molar-refractivity contribution in [1.82, 2.24) is 9.71 Å². The average Bonchev–Trinajstić information content (AvgIpc) is 2.54. The summed E-state index contributed by atoms with van der Waals surface area (Å²) in [5.41, 5.74) is 0.672. The van der Waals surface area contributed by atoms with E-state index in [1.54, 1.807) is 13.8 Å². The molecule has 0 amide bonds. The third kappa shape index (κ3) is 3.27. The zero-order chi connectivity index (χ0) is 13.2. The third-order valence-corrected chi connectivity index (χ3v) is 3.99. The van der Waals surface area contributed by atoms with Crippen LogP contribution >= 0.6 is 0 Å². The number of aromatic nitrogens is 1. The first kappa shape index (κ1) is 13.7. The number of oxazole rings is 1. The van der Waals surface area contributed by atoms with Crippen molar-refractivity contribution in [2.24, 2.45) is 0 Å². The highest BCUT2D eigenvalue weighted by molar-refractivity contribution is 7.90. The summed E-state index contributed by atoms with van der Waals surface area (Å²) in [6.07, 6.45) is 0. The smallest absolute Gasteiger partial charge is 0.323 e. The van der Waals surface area contributed by atoms with Gasteiger partial charge in [0, 0.05) is 0 Å². The number of carboxylic acid groups (broad SMARTS) is 1. The summed E-state index contributed by atoms with van der Waals surface area (Å²) < 4.78 is 30.2. The maximum atomic E-state index is 11.5. The first-order valence-electron chi connectivity index (χ1n) is 4.88. The van der Waals surface area contributed by atoms with Crippen LogP contribution in [0.25, 0.3) is 0 Å². The topological polar surface area (TPSA) is 110 Å². The number of sulfonamides is 1. The number of aliphatic carboxylic acids is 1. The normalized spacial score (nSPS) is 13.6. The van der Waals surface area contributed by atoms with E-state index >= 15 is 0 Å². The third-order valence-electron chi connectivity index (χ3n) is 2.31. The molecule has 96 valence electrons. The highest BCUT2D eigenvalue weighted by Crippen LogP contribution is 2.08. The molecule has 8 heteroatoms. The molecule has 1 unspecified atom stereocenters. The summed E-state index contributed by atoms with van der Waals surface area (Å²) in [6, 6.07) is 0. The minimum Gasteiger partial charge on any atom is -0.480 e. The van der Waals surface area contributed by atoms with E-state index in [2.05, 4.69) is 9.71 Å². The lowest BCUT2D eigenvalue weighted by Gasteiger charge is -2.08. The highest BCUT2D eigenvalue weighted by atomic mass is 32.2. The molecule has 0 radical (unpaired) electrons. The molecule has 1 rings (SSSR count). The Kier molecular flexibility index (Phi) is 3.89. The predicted molar refractivity (Wildman–Crippen MR) is 58.8 cm³/mol. The van der Waals surface area contributed by atoms with Gasteiger partial charge in [-0.1, -0.05) is 0 Å². The molecular formula is C9H14N2O5S. The predicted octanol–water partition coefficient (Wildman–Crippen LogP) is 0.184. The molecule has 1 heterocycles. The second-order valence-electron chi connectivity index (χ2n) is 3.60. The molecule has 0 bridgehead atoms. The van der Waals surface area contributed by atoms with Gasteiger partial charge in [-0.25, -0.2) is 18.1 Å². The molecule has 7 nitrogen and oxygen atoms in total. The van der Waals surface area contributed by atoms with Crippen LogP contribution in [0.1, 0.15) is 24.3 Å². The molecule has 0 aliphatic rings. The zero-order valence-electron chi connectivity index (χ0n) is 9.72. The molecule has 1 atom stereocenters. The Balaban J connectivity index is 2.71. The average molecular weight is 262 g/mol. The van der Waals surface area contributed by atoms with E-state index in [0.717, 1.165) is 6.92 Å². The van der Waals surface area contributed by atoms with Gasteiger partial charge in [0.1, 0.15) is 5.76 Å². The summed E-state index contributed by atoms with van der Waals surface area (Å²) in [6.45, 7) is 4.38. The fraction of sp³-hybridized carbons (Fsp3) is 0.556. The van der Waals surface area contributed by atoms with Gasteiger partial charge in [0.05, 0.1) is 12.2 Å². The highest BCUT2D eigenvalue weighted by Gasteiger charge is 2.27. The van der Waals surface area contributed by atoms with Crippen molar-refractivity contribution in [1.29, 1.82) is 0 Å². The van der Waals surface area contributed by atoms with Crippen molar-refractivity contribution in [2.45, 2.75) is 32.6 Å². The molecule has 0 aliphatic heterocycles. The Hall–Kier alpha value is -1.41. The van der Waals surface area contributed by atoms with E-state index in [1.165, 1.54) is 0 Å². The molecule has 17 heavy (non-hydrogen) atoms. The standard InChI is InChI=1S/C9H14N2O5S/c1-5-6(2)16-8(11-5)4-10-17(14,15)7(3)9(12)13/h7,10H,4H2,1-3H3,(H,12,13). The Morgan fingerprint density at radius 1 is 1.53 bits per heavy atom. The van der Waals surface area contributed by atoms with Gasteiger partial charge in [0.2, 0.25) is 15.9 Å². The van der Waals surface area contributed by atoms with Crippen molar-refractivity contribution in [3.05, 3.63) is 17.3 Å². The second kappa shape index (κ2) is 4.84. The van der Waals surface area contributed by atoms with Crippen LogP contribution in [0.15, 0.2) is 4.42 Å². The van der Waals surface area contributed by atoms with Crippen molar-refractivity contribution in [3.63, 3.8) is 0 Å². The van der Waals surface area contributed by atoms with Crippen LogP contribution in [0, 0.1) is 13.8 Å². The van der Waals surface area contributed by atoms with Gasteiger partial charge >= 0.3 is 5.97 Å². The molecule has 0 fully saturated rings. The lowest BCUT2D eigenvalue weighted by Crippen LogP contribution is -2.37. The largest absolute Gasteiger partial charge is 0.480 e. The van der Waals surface area contributed by atoms with Crippen LogP contribution in [0.3, 0.4) is 0 Å². The zero-order valence-corrected chi connectivity index (χ0v) is 10.5. The molecule has 0 saturated carbocycles. The fourth-order valence-corrected chi connectivity index (χ4v) is 1.87. The van der Waals surface area contributed by atoms with Gasteiger partial charge in [-0.05, 0) is 20.8 Å². The summed E-state index contributed by atoms with van der Waals surface area (Å²) in [5, 5.41) is 7.09. The Morgan fingerprint density at radius 3 is 2.53 bits per heavy atom. The minimum atomic E-state index is -3.91. The van der Waals surface area contributed by atoms with Crippen LogP contribution < -0.4 is 4.72 Å². The van der Waals surface area contributed by atoms with Gasteiger partial charge in [0.25, 0.3) is 0 Å². The van der Waals surface area contributed by atoms with Gasteiger partial charge in [-0.2, -0.15) is 0 Å². The molecule has 1 aromatic rings. The quantitative estimate of drug-likeness (QED) is 0.783. The molecule has 2 N–H and O–H groups in total. The molecule has 0 aromatic carbocycles. The number of carbonyl (C=O) groups is 1. The van der Waals surface area contributed by atoms with Crippen molar-refractivity contribution in [3.8, 4) is 0 Å². The molecule has 0 spiro atoms. The van der Waals surface area contributed by atoms with Gasteiger partial charge in [-0.3, -0.25) is 4.79 Å². The monoisotopic (exact) mass is 262 g/mol. The van der Waals surface area contributed by atoms with E-state index in [1.807, 2.05) is 0 Å². The number of nitrogens with zero attached hydrogens (tertiary/aromatic N) is 1. The maximum Gasteiger partial charge on any atom is 0.323 e. The number of nitrogens with one attached hydrogen (secondary N) is 1. The lowest BCUT2D eigenvalue weighted by molar-refractivity contribution is -0.136. The summed E-state index contributed by atoms with van der Waals surface area (Å²) in [7, 11) is -3.91. The first-order chi connectivity index (χ1) is 7.74. The van der Waals surface area contributed by atoms with Crippen LogP contribution in [0.4, 0.5) is 0 Å². The second-order valence-corrected chi connectivity index (χ2v) is 5.68. The number of carboxylic acids is 1. The van der Waals surface area contributed by atoms with E-state index in [4.69, 9.17) is 9.52 Å². The van der Waals surface area contributed by atoms with Gasteiger partial charge < -0.3 is 9.52 Å². The Bertz CT molecular complexity index is 500. The maximum absolute atomic E-state index is 11.5. The minimum absolute atomic E-state index is 0.158. The molecule has 0 saturated heterocycles.